The molecule has 2 N–H and O–H groups in total. The molecule has 0 spiro atoms. The maximum Gasteiger partial charge on any atom is 0.405 e. The highest BCUT2D eigenvalue weighted by molar-refractivity contribution is 6.36. The van der Waals surface area contributed by atoms with Gasteiger partial charge in [0, 0.05) is 37.5 Å². The smallest absolute Gasteiger partial charge is 0.405 e. The minimum absolute atomic E-state index is 0.114. The van der Waals surface area contributed by atoms with E-state index >= 15 is 0 Å². The van der Waals surface area contributed by atoms with E-state index in [9.17, 15) is 31.5 Å². The summed E-state index contributed by atoms with van der Waals surface area (Å²) in [7, 11) is 1.63. The number of hydrogen-bond acceptors (Lipinski definition) is 4. The first-order valence-electron chi connectivity index (χ1n) is 11.8. The van der Waals surface area contributed by atoms with Gasteiger partial charge in [-0.15, -0.1) is 0 Å². The first kappa shape index (κ1) is 30.4. The Morgan fingerprint density at radius 1 is 1.15 bits per heavy atom. The number of carbonyl (C=O) groups excluding carboxylic acids is 2. The number of ether oxygens (including phenoxy) is 1. The molecule has 0 aliphatic carbocycles. The fraction of sp³-hybridized carbons (Fsp3) is 0.400. The summed E-state index contributed by atoms with van der Waals surface area (Å²) < 4.78 is 70.1. The van der Waals surface area contributed by atoms with Crippen molar-refractivity contribution in [3.8, 4) is 5.75 Å². The predicted octanol–water partition coefficient (Wildman–Crippen LogP) is 5.82. The van der Waals surface area contributed by atoms with Crippen LogP contribution in [0.1, 0.15) is 47.1 Å². The third kappa shape index (κ3) is 7.95. The zero-order valence-electron chi connectivity index (χ0n) is 20.9. The monoisotopic (exact) mass is 594 g/mol. The van der Waals surface area contributed by atoms with Gasteiger partial charge in [0.05, 0.1) is 21.6 Å². The van der Waals surface area contributed by atoms with Crippen molar-refractivity contribution in [1.29, 1.82) is 0 Å². The van der Waals surface area contributed by atoms with Crippen molar-refractivity contribution in [2.45, 2.75) is 45.3 Å². The molecular weight excluding hydrogens is 570 g/mol. The summed E-state index contributed by atoms with van der Waals surface area (Å²) in [6, 6.07) is 5.76. The lowest BCUT2D eigenvalue weighted by Gasteiger charge is -2.13. The molecule has 0 atom stereocenters. The normalized spacial score (nSPS) is 11.7. The third-order valence-corrected chi connectivity index (χ3v) is 6.51. The number of imidazole rings is 1. The summed E-state index contributed by atoms with van der Waals surface area (Å²) in [5.41, 5.74) is 1.35. The fourth-order valence-electron chi connectivity index (χ4n) is 3.76. The number of carbonyl (C=O) groups is 2. The Balaban J connectivity index is 1.97. The molecule has 0 radical (unpaired) electrons. The van der Waals surface area contributed by atoms with Gasteiger partial charge < -0.3 is 19.9 Å². The molecule has 2 aromatic carbocycles. The molecule has 212 valence electrons. The first-order valence-corrected chi connectivity index (χ1v) is 12.5. The summed E-state index contributed by atoms with van der Waals surface area (Å²) in [6.45, 7) is -0.609. The number of benzene rings is 2. The second kappa shape index (κ2) is 12.8. The molecule has 3 aromatic rings. The van der Waals surface area contributed by atoms with Gasteiger partial charge in [-0.2, -0.15) is 13.2 Å². The van der Waals surface area contributed by atoms with Crippen LogP contribution in [0.5, 0.6) is 5.75 Å². The van der Waals surface area contributed by atoms with Crippen LogP contribution in [0.4, 0.5) is 22.0 Å². The molecule has 0 fully saturated rings. The lowest BCUT2D eigenvalue weighted by molar-refractivity contribution is -0.123. The van der Waals surface area contributed by atoms with Gasteiger partial charge in [0.2, 0.25) is 5.91 Å². The standard InChI is InChI=1S/C25H25Cl2F5N4O3/c1-3-4-22(37)33-10-13-5-6-16(26)14(23(13)27)8-21-35-17-7-15(24(38)34-12-25(30,31)32)19(39-11-20(28)29)9-18(17)36(21)2/h5-7,9,20H,3-4,8,10-12H2,1-2H3,(H,33,37)(H,34,38). The number of amides is 2. The molecular formula is C25H25Cl2F5N4O3. The number of aromatic nitrogens is 2. The van der Waals surface area contributed by atoms with E-state index in [-0.39, 0.29) is 35.7 Å². The van der Waals surface area contributed by atoms with Crippen LogP contribution in [0.15, 0.2) is 24.3 Å². The van der Waals surface area contributed by atoms with Crippen LogP contribution >= 0.6 is 23.2 Å². The molecule has 7 nitrogen and oxygen atoms in total. The van der Waals surface area contributed by atoms with E-state index in [1.54, 1.807) is 29.1 Å². The van der Waals surface area contributed by atoms with Gasteiger partial charge in [-0.05, 0) is 29.7 Å². The van der Waals surface area contributed by atoms with Crippen LogP contribution < -0.4 is 15.4 Å². The molecule has 3 rings (SSSR count). The number of hydrogen-bond donors (Lipinski definition) is 2. The van der Waals surface area contributed by atoms with Crippen LogP contribution in [0.2, 0.25) is 10.0 Å². The highest BCUT2D eigenvalue weighted by atomic mass is 35.5. The highest BCUT2D eigenvalue weighted by Crippen LogP contribution is 2.32. The average Bonchev–Trinajstić information content (AvgIpc) is 3.16. The van der Waals surface area contributed by atoms with Crippen molar-refractivity contribution >= 4 is 46.0 Å². The molecule has 0 bridgehead atoms. The number of aryl methyl sites for hydroxylation is 1. The molecule has 14 heteroatoms. The Hall–Kier alpha value is -3.12. The van der Waals surface area contributed by atoms with Crippen molar-refractivity contribution in [3.05, 3.63) is 56.8 Å². The second-order valence-electron chi connectivity index (χ2n) is 8.63. The predicted molar refractivity (Wildman–Crippen MR) is 137 cm³/mol. The van der Waals surface area contributed by atoms with Crippen LogP contribution in [0.3, 0.4) is 0 Å². The molecule has 0 saturated heterocycles. The molecule has 0 aliphatic heterocycles. The first-order chi connectivity index (χ1) is 18.3. The molecule has 0 aliphatic rings. The van der Waals surface area contributed by atoms with Gasteiger partial charge in [0.15, 0.2) is 0 Å². The van der Waals surface area contributed by atoms with Gasteiger partial charge in [0.25, 0.3) is 12.3 Å². The number of rotatable bonds is 11. The summed E-state index contributed by atoms with van der Waals surface area (Å²) >= 11 is 13.0. The van der Waals surface area contributed by atoms with E-state index in [1.165, 1.54) is 12.1 Å². The maximum absolute atomic E-state index is 12.8. The second-order valence-corrected chi connectivity index (χ2v) is 9.41. The highest BCUT2D eigenvalue weighted by Gasteiger charge is 2.29. The van der Waals surface area contributed by atoms with E-state index in [0.717, 1.165) is 0 Å². The number of halogens is 7. The number of fused-ring (bicyclic) bond motifs is 1. The van der Waals surface area contributed by atoms with Gasteiger partial charge in [0.1, 0.15) is 24.7 Å². The van der Waals surface area contributed by atoms with E-state index in [2.05, 4.69) is 10.3 Å². The van der Waals surface area contributed by atoms with Crippen molar-refractivity contribution in [2.75, 3.05) is 13.2 Å². The van der Waals surface area contributed by atoms with Gasteiger partial charge in [-0.1, -0.05) is 36.2 Å². The van der Waals surface area contributed by atoms with E-state index in [4.69, 9.17) is 27.9 Å². The molecule has 1 aromatic heterocycles. The molecule has 2 amide bonds. The zero-order valence-corrected chi connectivity index (χ0v) is 22.4. The number of nitrogens with zero attached hydrogens (tertiary/aromatic N) is 2. The lowest BCUT2D eigenvalue weighted by Crippen LogP contribution is -2.34. The van der Waals surface area contributed by atoms with Crippen molar-refractivity contribution < 1.29 is 36.3 Å². The maximum atomic E-state index is 12.8. The SMILES string of the molecule is CCCC(=O)NCc1ccc(Cl)c(Cc2nc3cc(C(=O)NCC(F)(F)F)c(OCC(F)F)cc3n2C)c1Cl. The minimum Gasteiger partial charge on any atom is -0.487 e. The Kier molecular flexibility index (Phi) is 10.0. The third-order valence-electron chi connectivity index (χ3n) is 5.69. The van der Waals surface area contributed by atoms with Crippen LogP contribution in [0.25, 0.3) is 11.0 Å². The van der Waals surface area contributed by atoms with E-state index in [0.29, 0.717) is 45.4 Å². The van der Waals surface area contributed by atoms with E-state index < -0.39 is 31.7 Å². The quantitative estimate of drug-likeness (QED) is 0.274. The molecule has 0 unspecified atom stereocenters. The summed E-state index contributed by atoms with van der Waals surface area (Å²) in [4.78, 5) is 28.8. The topological polar surface area (TPSA) is 85.2 Å². The Morgan fingerprint density at radius 3 is 2.51 bits per heavy atom. The fourth-order valence-corrected chi connectivity index (χ4v) is 4.34. The largest absolute Gasteiger partial charge is 0.487 e. The number of alkyl halides is 5. The molecule has 1 heterocycles. The zero-order chi connectivity index (χ0) is 28.9. The summed E-state index contributed by atoms with van der Waals surface area (Å²) in [5.74, 6) is -1.19. The van der Waals surface area contributed by atoms with Crippen LogP contribution in [-0.2, 0) is 24.8 Å². The molecule has 39 heavy (non-hydrogen) atoms. The Labute approximate surface area is 230 Å². The summed E-state index contributed by atoms with van der Waals surface area (Å²) in [6.07, 6.45) is -6.37. The van der Waals surface area contributed by atoms with Gasteiger partial charge in [-0.25, -0.2) is 13.8 Å². The van der Waals surface area contributed by atoms with E-state index in [1.807, 2.05) is 6.92 Å². The molecule has 0 saturated carbocycles. The van der Waals surface area contributed by atoms with Crippen LogP contribution in [0, 0.1) is 0 Å². The van der Waals surface area contributed by atoms with Crippen LogP contribution in [-0.4, -0.2) is 47.1 Å². The lowest BCUT2D eigenvalue weighted by atomic mass is 10.1. The van der Waals surface area contributed by atoms with Gasteiger partial charge >= 0.3 is 6.18 Å². The summed E-state index contributed by atoms with van der Waals surface area (Å²) in [5, 5.41) is 5.15. The van der Waals surface area contributed by atoms with Crippen molar-refractivity contribution in [1.82, 2.24) is 20.2 Å². The minimum atomic E-state index is -4.67. The Bertz CT molecular complexity index is 1360. The van der Waals surface area contributed by atoms with Crippen molar-refractivity contribution in [3.63, 3.8) is 0 Å². The average molecular weight is 595 g/mol. The number of nitrogens with one attached hydrogen (secondary N) is 2. The van der Waals surface area contributed by atoms with Crippen molar-refractivity contribution in [2.24, 2.45) is 7.05 Å². The van der Waals surface area contributed by atoms with Gasteiger partial charge in [-0.3, -0.25) is 9.59 Å². The Morgan fingerprint density at radius 2 is 1.87 bits per heavy atom.